The molecule has 6 nitrogen and oxygen atoms in total. The Kier molecular flexibility index (Phi) is 5.09. The van der Waals surface area contributed by atoms with E-state index < -0.39 is 12.1 Å². The first-order chi connectivity index (χ1) is 12.2. The van der Waals surface area contributed by atoms with Crippen molar-refractivity contribution in [3.8, 4) is 0 Å². The second-order valence-electron chi connectivity index (χ2n) is 7.68. The van der Waals surface area contributed by atoms with Crippen LogP contribution in [0.15, 0.2) is 28.0 Å². The molecule has 4 N–H and O–H groups in total. The summed E-state index contributed by atoms with van der Waals surface area (Å²) in [7, 11) is 0. The third-order valence-corrected chi connectivity index (χ3v) is 5.65. The Hall–Kier alpha value is -2.28. The van der Waals surface area contributed by atoms with Gasteiger partial charge in [-0.2, -0.15) is 0 Å². The molecule has 2 atom stereocenters. The highest BCUT2D eigenvalue weighted by atomic mass is 32.1. The van der Waals surface area contributed by atoms with E-state index in [-0.39, 0.29) is 23.8 Å². The van der Waals surface area contributed by atoms with E-state index in [9.17, 15) is 9.59 Å². The number of amides is 3. The minimum atomic E-state index is -0.636. The van der Waals surface area contributed by atoms with Crippen LogP contribution in [0, 0.1) is 12.3 Å². The fraction of sp³-hybridized carbons (Fsp3) is 0.474. The molecule has 0 saturated carbocycles. The summed E-state index contributed by atoms with van der Waals surface area (Å²) in [5, 5.41) is 7.69. The predicted octanol–water partition coefficient (Wildman–Crippen LogP) is 3.58. The van der Waals surface area contributed by atoms with Crippen LogP contribution < -0.4 is 16.4 Å². The van der Waals surface area contributed by atoms with Gasteiger partial charge in [-0.05, 0) is 36.3 Å². The number of thiophene rings is 1. The van der Waals surface area contributed by atoms with E-state index in [0.29, 0.717) is 0 Å². The maximum absolute atomic E-state index is 12.7. The van der Waals surface area contributed by atoms with E-state index in [2.05, 4.69) is 24.5 Å². The molecule has 0 aromatic carbocycles. The van der Waals surface area contributed by atoms with Crippen molar-refractivity contribution >= 4 is 23.3 Å². The van der Waals surface area contributed by atoms with Gasteiger partial charge in [-0.25, -0.2) is 4.79 Å². The van der Waals surface area contributed by atoms with Crippen LogP contribution >= 0.6 is 11.3 Å². The minimum Gasteiger partial charge on any atom is -0.466 e. The standard InChI is InChI=1S/C19H25N3O3S/c1-11-7-12-14(9-19(2,3)10-15(12)25-11)21-17(23)8-13(22-18(20)24)16-5-4-6-26-16/h4-7,13-14H,8-10H2,1-3H3,(H,21,23)(H3,20,22,24). The van der Waals surface area contributed by atoms with E-state index in [1.54, 1.807) is 0 Å². The normalized spacial score (nSPS) is 19.4. The number of nitrogens with two attached hydrogens (primary N) is 1. The number of carbonyl (C=O) groups is 2. The van der Waals surface area contributed by atoms with E-state index in [0.717, 1.165) is 34.8 Å². The Morgan fingerprint density at radius 3 is 2.88 bits per heavy atom. The number of primary amides is 1. The number of nitrogens with one attached hydrogen (secondary N) is 2. The molecule has 2 unspecified atom stereocenters. The average molecular weight is 375 g/mol. The molecule has 2 heterocycles. The first kappa shape index (κ1) is 18.5. The largest absolute Gasteiger partial charge is 0.466 e. The molecule has 1 aliphatic carbocycles. The zero-order chi connectivity index (χ0) is 18.9. The number of carbonyl (C=O) groups excluding carboxylic acids is 2. The first-order valence-electron chi connectivity index (χ1n) is 8.71. The van der Waals surface area contributed by atoms with E-state index >= 15 is 0 Å². The zero-order valence-corrected chi connectivity index (χ0v) is 16.1. The van der Waals surface area contributed by atoms with Gasteiger partial charge in [-0.1, -0.05) is 19.9 Å². The van der Waals surface area contributed by atoms with Crippen LogP contribution in [-0.4, -0.2) is 11.9 Å². The fourth-order valence-corrected chi connectivity index (χ4v) is 4.41. The van der Waals surface area contributed by atoms with Gasteiger partial charge in [-0.15, -0.1) is 11.3 Å². The van der Waals surface area contributed by atoms with E-state index in [4.69, 9.17) is 10.2 Å². The number of hydrogen-bond donors (Lipinski definition) is 3. The summed E-state index contributed by atoms with van der Waals surface area (Å²) in [6.45, 7) is 6.28. The molecule has 3 amide bonds. The van der Waals surface area contributed by atoms with Crippen LogP contribution in [0.25, 0.3) is 0 Å². The van der Waals surface area contributed by atoms with Gasteiger partial charge in [0.1, 0.15) is 11.5 Å². The molecule has 0 saturated heterocycles. The van der Waals surface area contributed by atoms with Gasteiger partial charge >= 0.3 is 6.03 Å². The van der Waals surface area contributed by atoms with Gasteiger partial charge < -0.3 is 20.8 Å². The van der Waals surface area contributed by atoms with Crippen molar-refractivity contribution in [1.29, 1.82) is 0 Å². The van der Waals surface area contributed by atoms with Crippen LogP contribution in [0.1, 0.15) is 60.7 Å². The topological polar surface area (TPSA) is 97.4 Å². The Morgan fingerprint density at radius 1 is 1.46 bits per heavy atom. The molecular weight excluding hydrogens is 350 g/mol. The summed E-state index contributed by atoms with van der Waals surface area (Å²) < 4.78 is 5.82. The summed E-state index contributed by atoms with van der Waals surface area (Å²) in [6, 6.07) is 4.64. The van der Waals surface area contributed by atoms with Gasteiger partial charge in [0.05, 0.1) is 18.5 Å². The lowest BCUT2D eigenvalue weighted by Gasteiger charge is -2.35. The quantitative estimate of drug-likeness (QED) is 0.745. The van der Waals surface area contributed by atoms with Gasteiger partial charge in [0.15, 0.2) is 0 Å². The van der Waals surface area contributed by atoms with Crippen molar-refractivity contribution in [3.05, 3.63) is 45.5 Å². The molecule has 26 heavy (non-hydrogen) atoms. The van der Waals surface area contributed by atoms with Crippen molar-refractivity contribution in [2.24, 2.45) is 11.1 Å². The fourth-order valence-electron chi connectivity index (χ4n) is 3.64. The summed E-state index contributed by atoms with van der Waals surface area (Å²) in [5.41, 5.74) is 6.38. The van der Waals surface area contributed by atoms with Gasteiger partial charge in [0, 0.05) is 16.9 Å². The zero-order valence-electron chi connectivity index (χ0n) is 15.3. The summed E-state index contributed by atoms with van der Waals surface area (Å²) >= 11 is 1.49. The lowest BCUT2D eigenvalue weighted by atomic mass is 9.74. The summed E-state index contributed by atoms with van der Waals surface area (Å²) in [6.07, 6.45) is 1.85. The van der Waals surface area contributed by atoms with E-state index in [1.165, 1.54) is 11.3 Å². The number of urea groups is 1. The Morgan fingerprint density at radius 2 is 2.23 bits per heavy atom. The van der Waals surface area contributed by atoms with E-state index in [1.807, 2.05) is 30.5 Å². The molecule has 3 rings (SSSR count). The van der Waals surface area contributed by atoms with Crippen molar-refractivity contribution in [2.75, 3.05) is 0 Å². The van der Waals surface area contributed by atoms with Crippen molar-refractivity contribution in [2.45, 2.75) is 52.1 Å². The Labute approximate surface area is 157 Å². The number of fused-ring (bicyclic) bond motifs is 1. The molecule has 2 aromatic heterocycles. The lowest BCUT2D eigenvalue weighted by molar-refractivity contribution is -0.122. The molecule has 7 heteroatoms. The number of rotatable bonds is 5. The maximum atomic E-state index is 12.7. The van der Waals surface area contributed by atoms with Crippen molar-refractivity contribution in [1.82, 2.24) is 10.6 Å². The van der Waals surface area contributed by atoms with Crippen LogP contribution in [0.2, 0.25) is 0 Å². The monoisotopic (exact) mass is 375 g/mol. The summed E-state index contributed by atoms with van der Waals surface area (Å²) in [4.78, 5) is 24.9. The maximum Gasteiger partial charge on any atom is 0.312 e. The molecule has 0 bridgehead atoms. The number of furan rings is 1. The van der Waals surface area contributed by atoms with Gasteiger partial charge in [0.2, 0.25) is 5.91 Å². The smallest absolute Gasteiger partial charge is 0.312 e. The molecule has 0 radical (unpaired) electrons. The molecule has 2 aromatic rings. The van der Waals surface area contributed by atoms with Crippen molar-refractivity contribution < 1.29 is 14.0 Å². The van der Waals surface area contributed by atoms with Crippen LogP contribution in [-0.2, 0) is 11.2 Å². The molecule has 140 valence electrons. The molecule has 0 aliphatic heterocycles. The summed E-state index contributed by atoms with van der Waals surface area (Å²) in [5.74, 6) is 1.69. The second-order valence-corrected chi connectivity index (χ2v) is 8.66. The number of aryl methyl sites for hydroxylation is 1. The molecule has 1 aliphatic rings. The third kappa shape index (κ3) is 4.27. The number of hydrogen-bond acceptors (Lipinski definition) is 4. The highest BCUT2D eigenvalue weighted by molar-refractivity contribution is 7.10. The minimum absolute atomic E-state index is 0.0495. The highest BCUT2D eigenvalue weighted by Gasteiger charge is 2.35. The van der Waals surface area contributed by atoms with Crippen LogP contribution in [0.4, 0.5) is 4.79 Å². The Balaban J connectivity index is 1.73. The molecular formula is C19H25N3O3S. The predicted molar refractivity (Wildman–Crippen MR) is 101 cm³/mol. The SMILES string of the molecule is Cc1cc2c(o1)CC(C)(C)CC2NC(=O)CC(NC(N)=O)c1cccs1. The van der Waals surface area contributed by atoms with Crippen LogP contribution in [0.3, 0.4) is 0 Å². The molecule has 0 fully saturated rings. The average Bonchev–Trinajstić information content (AvgIpc) is 3.13. The highest BCUT2D eigenvalue weighted by Crippen LogP contribution is 2.42. The van der Waals surface area contributed by atoms with Gasteiger partial charge in [-0.3, -0.25) is 4.79 Å². The first-order valence-corrected chi connectivity index (χ1v) is 9.59. The second kappa shape index (κ2) is 7.15. The lowest BCUT2D eigenvalue weighted by Crippen LogP contribution is -2.39. The third-order valence-electron chi connectivity index (χ3n) is 4.66. The van der Waals surface area contributed by atoms with Crippen LogP contribution in [0.5, 0.6) is 0 Å². The molecule has 0 spiro atoms. The van der Waals surface area contributed by atoms with Crippen molar-refractivity contribution in [3.63, 3.8) is 0 Å². The Bertz CT molecular complexity index is 795. The van der Waals surface area contributed by atoms with Gasteiger partial charge in [0.25, 0.3) is 0 Å².